The lowest BCUT2D eigenvalue weighted by Gasteiger charge is -2.29. The smallest absolute Gasteiger partial charge is 0.427 e. The molecule has 2 N–H and O–H groups in total. The zero-order chi connectivity index (χ0) is 29.5. The van der Waals surface area contributed by atoms with Crippen LogP contribution in [0.4, 0.5) is 10.6 Å². The Kier molecular flexibility index (Phi) is 7.52. The van der Waals surface area contributed by atoms with E-state index in [1.165, 1.54) is 17.5 Å². The van der Waals surface area contributed by atoms with Crippen molar-refractivity contribution in [2.24, 2.45) is 0 Å². The van der Waals surface area contributed by atoms with E-state index in [1.54, 1.807) is 24.4 Å². The number of aromatic nitrogens is 3. The second-order valence-electron chi connectivity index (χ2n) is 10.3. The molecule has 0 radical (unpaired) electrons. The first kappa shape index (κ1) is 28.6. The molecule has 2 aromatic heterocycles. The maximum absolute atomic E-state index is 13.5. The summed E-state index contributed by atoms with van der Waals surface area (Å²) in [4.78, 5) is 16.0. The van der Waals surface area contributed by atoms with Gasteiger partial charge in [0, 0.05) is 40.7 Å². The molecule has 0 saturated carbocycles. The van der Waals surface area contributed by atoms with E-state index in [4.69, 9.17) is 16.3 Å². The molecule has 14 heteroatoms. The van der Waals surface area contributed by atoms with Crippen molar-refractivity contribution in [2.45, 2.75) is 37.1 Å². The molecule has 1 fully saturated rings. The highest BCUT2D eigenvalue weighted by molar-refractivity contribution is 7.93. The van der Waals surface area contributed by atoms with Gasteiger partial charge in [-0.05, 0) is 42.5 Å². The van der Waals surface area contributed by atoms with Gasteiger partial charge in [0.2, 0.25) is 0 Å². The number of hydrogen-bond donors (Lipinski definition) is 2. The molecule has 0 unspecified atom stereocenters. The Labute approximate surface area is 245 Å². The molecule has 3 heterocycles. The Morgan fingerprint density at radius 1 is 1.22 bits per heavy atom. The number of carboxylic acid groups (broad SMARTS) is 1. The summed E-state index contributed by atoms with van der Waals surface area (Å²) < 4.78 is 35.2. The second-order valence-corrected chi connectivity index (χ2v) is 13.4. The average Bonchev–Trinajstić information content (AvgIpc) is 3.54. The van der Waals surface area contributed by atoms with Gasteiger partial charge in [0.25, 0.3) is 10.0 Å². The third-order valence-electron chi connectivity index (χ3n) is 6.34. The molecule has 0 bridgehead atoms. The maximum atomic E-state index is 13.5. The molecule has 0 spiro atoms. The molecule has 4 aromatic rings. The van der Waals surface area contributed by atoms with Gasteiger partial charge < -0.3 is 15.2 Å². The lowest BCUT2D eigenvalue weighted by molar-refractivity contribution is 0.206. The van der Waals surface area contributed by atoms with Crippen molar-refractivity contribution in [3.8, 4) is 28.8 Å². The summed E-state index contributed by atoms with van der Waals surface area (Å²) in [6, 6.07) is 12.6. The van der Waals surface area contributed by atoms with Gasteiger partial charge in [-0.15, -0.1) is 15.6 Å². The van der Waals surface area contributed by atoms with E-state index >= 15 is 0 Å². The number of rotatable bonds is 7. The fourth-order valence-corrected chi connectivity index (χ4v) is 6.53. The number of nitrogens with one attached hydrogen (secondary N) is 1. The molecular formula is C27H25ClN6O5S2. The number of ether oxygens (including phenoxy) is 1. The number of nitrogens with zero attached hydrogens (tertiary/aromatic N) is 5. The zero-order valence-electron chi connectivity index (χ0n) is 22.2. The van der Waals surface area contributed by atoms with Crippen molar-refractivity contribution >= 4 is 44.9 Å². The van der Waals surface area contributed by atoms with Crippen LogP contribution in [0.5, 0.6) is 11.5 Å². The molecule has 1 amide bonds. The van der Waals surface area contributed by atoms with Crippen molar-refractivity contribution < 1.29 is 23.1 Å². The minimum absolute atomic E-state index is 0.0805. The van der Waals surface area contributed by atoms with E-state index in [1.807, 2.05) is 37.6 Å². The first-order chi connectivity index (χ1) is 19.4. The number of anilines is 1. The Hall–Kier alpha value is -3.96. The predicted octanol–water partition coefficient (Wildman–Crippen LogP) is 5.64. The highest BCUT2D eigenvalue weighted by Crippen LogP contribution is 2.38. The molecule has 0 atom stereocenters. The molecule has 212 valence electrons. The topological polar surface area (TPSA) is 150 Å². The third-order valence-corrected chi connectivity index (χ3v) is 9.50. The Morgan fingerprint density at radius 3 is 2.56 bits per heavy atom. The van der Waals surface area contributed by atoms with Crippen molar-refractivity contribution in [3.63, 3.8) is 0 Å². The van der Waals surface area contributed by atoms with Gasteiger partial charge >= 0.3 is 6.09 Å². The molecule has 11 nitrogen and oxygen atoms in total. The van der Waals surface area contributed by atoms with Gasteiger partial charge in [-0.1, -0.05) is 32.4 Å². The first-order valence-electron chi connectivity index (χ1n) is 12.4. The van der Waals surface area contributed by atoms with Crippen LogP contribution >= 0.6 is 22.9 Å². The van der Waals surface area contributed by atoms with Gasteiger partial charge in [-0.25, -0.2) is 18.2 Å². The van der Waals surface area contributed by atoms with Crippen LogP contribution in [0.2, 0.25) is 5.02 Å². The summed E-state index contributed by atoms with van der Waals surface area (Å²) in [7, 11) is -4.63. The van der Waals surface area contributed by atoms with Gasteiger partial charge in [0.1, 0.15) is 22.6 Å². The van der Waals surface area contributed by atoms with Gasteiger partial charge in [-0.3, -0.25) is 4.68 Å². The SMILES string of the molecule is CC(C)(C)c1nc(N(C(=O)O)S(=O)(=O)c2ccc(Oc3ccc(Cl)cc3-c3ccnn3C3CNC3)c(C#N)c2)cs1. The normalized spacial score (nSPS) is 13.8. The maximum Gasteiger partial charge on any atom is 0.427 e. The van der Waals surface area contributed by atoms with Crippen LogP contribution < -0.4 is 14.4 Å². The Morgan fingerprint density at radius 2 is 1.95 bits per heavy atom. The monoisotopic (exact) mass is 612 g/mol. The molecular weight excluding hydrogens is 588 g/mol. The number of nitriles is 1. The van der Waals surface area contributed by atoms with Gasteiger partial charge in [-0.2, -0.15) is 10.4 Å². The molecule has 0 aliphatic carbocycles. The molecule has 1 saturated heterocycles. The van der Waals surface area contributed by atoms with Crippen molar-refractivity contribution in [3.05, 3.63) is 69.6 Å². The number of amides is 1. The summed E-state index contributed by atoms with van der Waals surface area (Å²) in [5.41, 5.74) is 0.888. The molecule has 5 rings (SSSR count). The molecule has 2 aromatic carbocycles. The molecule has 41 heavy (non-hydrogen) atoms. The van der Waals surface area contributed by atoms with Crippen LogP contribution in [0.3, 0.4) is 0 Å². The van der Waals surface area contributed by atoms with Crippen molar-refractivity contribution in [1.82, 2.24) is 20.1 Å². The van der Waals surface area contributed by atoms with E-state index in [2.05, 4.69) is 15.4 Å². The Bertz CT molecular complexity index is 1780. The Balaban J connectivity index is 1.50. The zero-order valence-corrected chi connectivity index (χ0v) is 24.6. The number of thiazole rings is 1. The summed E-state index contributed by atoms with van der Waals surface area (Å²) in [6.45, 7) is 7.20. The highest BCUT2D eigenvalue weighted by Gasteiger charge is 2.34. The summed E-state index contributed by atoms with van der Waals surface area (Å²) in [5.74, 6) is 0.215. The van der Waals surface area contributed by atoms with Crippen LogP contribution in [0, 0.1) is 11.3 Å². The van der Waals surface area contributed by atoms with Crippen LogP contribution in [-0.4, -0.2) is 47.5 Å². The fraction of sp³-hybridized carbons (Fsp3) is 0.259. The minimum atomic E-state index is -4.63. The summed E-state index contributed by atoms with van der Waals surface area (Å²) >= 11 is 7.47. The van der Waals surface area contributed by atoms with Crippen molar-refractivity contribution in [2.75, 3.05) is 17.4 Å². The van der Waals surface area contributed by atoms with Gasteiger partial charge in [0.15, 0.2) is 5.82 Å². The fourth-order valence-electron chi connectivity index (χ4n) is 4.15. The van der Waals surface area contributed by atoms with E-state index in [9.17, 15) is 23.6 Å². The minimum Gasteiger partial charge on any atom is -0.464 e. The van der Waals surface area contributed by atoms with Crippen LogP contribution in [0.15, 0.2) is 58.9 Å². The summed E-state index contributed by atoms with van der Waals surface area (Å²) in [5, 5.41) is 29.8. The average molecular weight is 613 g/mol. The lowest BCUT2D eigenvalue weighted by atomic mass is 9.98. The molecule has 1 aliphatic rings. The quantitative estimate of drug-likeness (QED) is 0.270. The third kappa shape index (κ3) is 5.51. The molecule has 1 aliphatic heterocycles. The number of benzene rings is 2. The van der Waals surface area contributed by atoms with E-state index in [-0.39, 0.29) is 27.5 Å². The number of sulfonamides is 1. The van der Waals surface area contributed by atoms with E-state index in [0.29, 0.717) is 21.3 Å². The number of halogens is 1. The lowest BCUT2D eigenvalue weighted by Crippen LogP contribution is -2.44. The first-order valence-corrected chi connectivity index (χ1v) is 15.1. The van der Waals surface area contributed by atoms with E-state index in [0.717, 1.165) is 36.2 Å². The van der Waals surface area contributed by atoms with Crippen LogP contribution in [0.25, 0.3) is 11.3 Å². The number of hydrogen-bond acceptors (Lipinski definition) is 9. The van der Waals surface area contributed by atoms with Crippen LogP contribution in [0.1, 0.15) is 37.4 Å². The van der Waals surface area contributed by atoms with Gasteiger partial charge in [0.05, 0.1) is 22.2 Å². The highest BCUT2D eigenvalue weighted by atomic mass is 35.5. The predicted molar refractivity (Wildman–Crippen MR) is 154 cm³/mol. The largest absolute Gasteiger partial charge is 0.464 e. The second kappa shape index (κ2) is 10.8. The summed E-state index contributed by atoms with van der Waals surface area (Å²) in [6.07, 6.45) is -0.0432. The number of carbonyl (C=O) groups is 1. The van der Waals surface area contributed by atoms with E-state index < -0.39 is 26.4 Å². The van der Waals surface area contributed by atoms with Crippen LogP contribution in [-0.2, 0) is 15.4 Å². The standard InChI is InChI=1S/C27H25ClN6O5S2/c1-27(2,3)25-32-24(15-40-25)34(26(35)36)41(37,38)19-5-7-22(16(10-19)12-29)39-23-6-4-17(28)11-20(23)21-8-9-31-33(21)18-13-30-14-18/h4-11,15,18,30H,13-14H2,1-3H3,(H,35,36). The van der Waals surface area contributed by atoms with Crippen molar-refractivity contribution in [1.29, 1.82) is 5.26 Å².